The molecule has 6 nitrogen and oxygen atoms in total. The molecule has 0 spiro atoms. The number of carbonyl (C=O) groups is 3. The molecule has 2 amide bonds. The highest BCUT2D eigenvalue weighted by Crippen LogP contribution is 2.20. The van der Waals surface area contributed by atoms with E-state index >= 15 is 0 Å². The molecule has 0 aliphatic carbocycles. The topological polar surface area (TPSA) is 88.4 Å². The molecule has 7 heteroatoms. The first-order valence-corrected chi connectivity index (χ1v) is 10.0. The highest BCUT2D eigenvalue weighted by atomic mass is 35.5. The normalized spacial score (nSPS) is 10.4. The van der Waals surface area contributed by atoms with Crippen LogP contribution >= 0.6 is 11.6 Å². The van der Waals surface area contributed by atoms with Crippen molar-refractivity contribution in [1.29, 1.82) is 0 Å². The van der Waals surface area contributed by atoms with E-state index in [9.17, 15) is 14.4 Å². The Balaban J connectivity index is 1.48. The smallest absolute Gasteiger partial charge is 0.291 e. The van der Waals surface area contributed by atoms with Crippen molar-refractivity contribution in [3.8, 4) is 0 Å². The van der Waals surface area contributed by atoms with Gasteiger partial charge in [0.1, 0.15) is 0 Å². The number of carbonyl (C=O) groups excluding carboxylic acids is 3. The number of nitrogens with one attached hydrogen (secondary N) is 2. The number of rotatable bonds is 6. The number of amides is 2. The van der Waals surface area contributed by atoms with Gasteiger partial charge in [0.2, 0.25) is 0 Å². The van der Waals surface area contributed by atoms with Gasteiger partial charge in [0, 0.05) is 27.5 Å². The fraction of sp³-hybridized carbons (Fsp3) is 0. The van der Waals surface area contributed by atoms with E-state index in [1.165, 1.54) is 6.26 Å². The van der Waals surface area contributed by atoms with Crippen LogP contribution in [-0.2, 0) is 0 Å². The minimum absolute atomic E-state index is 0.198. The number of halogens is 1. The molecule has 32 heavy (non-hydrogen) atoms. The highest BCUT2D eigenvalue weighted by Gasteiger charge is 2.18. The second-order valence-corrected chi connectivity index (χ2v) is 7.28. The van der Waals surface area contributed by atoms with Crippen molar-refractivity contribution < 1.29 is 18.8 Å². The van der Waals surface area contributed by atoms with Crippen molar-refractivity contribution in [2.24, 2.45) is 0 Å². The lowest BCUT2D eigenvalue weighted by atomic mass is 9.98. The standard InChI is InChI=1S/C25H17ClN2O4/c26-17-9-7-16(8-10-17)23(29)20-4-1-2-5-21(20)24(30)27-18-11-13-19(14-12-18)28-25(31)22-6-3-15-32-22/h1-15H,(H,27,30)(H,28,31). The summed E-state index contributed by atoms with van der Waals surface area (Å²) in [4.78, 5) is 37.8. The molecule has 0 bridgehead atoms. The Bertz CT molecular complexity index is 1260. The van der Waals surface area contributed by atoms with E-state index in [4.69, 9.17) is 16.0 Å². The van der Waals surface area contributed by atoms with Gasteiger partial charge in [-0.1, -0.05) is 29.8 Å². The first-order valence-electron chi connectivity index (χ1n) is 9.67. The number of hydrogen-bond donors (Lipinski definition) is 2. The maximum absolute atomic E-state index is 12.9. The largest absolute Gasteiger partial charge is 0.459 e. The molecule has 0 aliphatic heterocycles. The van der Waals surface area contributed by atoms with Crippen LogP contribution in [0.3, 0.4) is 0 Å². The van der Waals surface area contributed by atoms with Gasteiger partial charge in [-0.3, -0.25) is 14.4 Å². The molecule has 3 aromatic carbocycles. The zero-order chi connectivity index (χ0) is 22.5. The van der Waals surface area contributed by atoms with Gasteiger partial charge in [0.15, 0.2) is 11.5 Å². The van der Waals surface area contributed by atoms with Crippen molar-refractivity contribution in [2.45, 2.75) is 0 Å². The van der Waals surface area contributed by atoms with Crippen LogP contribution in [0.25, 0.3) is 0 Å². The van der Waals surface area contributed by atoms with E-state index in [1.54, 1.807) is 84.9 Å². The monoisotopic (exact) mass is 444 g/mol. The summed E-state index contributed by atoms with van der Waals surface area (Å²) in [6, 6.07) is 22.9. The molecule has 158 valence electrons. The van der Waals surface area contributed by atoms with Crippen LogP contribution in [0.1, 0.15) is 36.8 Å². The third-order valence-electron chi connectivity index (χ3n) is 4.67. The van der Waals surface area contributed by atoms with Crippen molar-refractivity contribution in [2.75, 3.05) is 10.6 Å². The molecule has 0 saturated carbocycles. The number of benzene rings is 3. The maximum atomic E-state index is 12.9. The van der Waals surface area contributed by atoms with Crippen LogP contribution in [0.15, 0.2) is 95.6 Å². The Morgan fingerprint density at radius 2 is 1.25 bits per heavy atom. The fourth-order valence-corrected chi connectivity index (χ4v) is 3.20. The minimum atomic E-state index is -0.421. The molecular formula is C25H17ClN2O4. The number of furan rings is 1. The zero-order valence-electron chi connectivity index (χ0n) is 16.7. The SMILES string of the molecule is O=C(Nc1ccc(NC(=O)c2ccccc2C(=O)c2ccc(Cl)cc2)cc1)c1ccco1. The van der Waals surface area contributed by atoms with Crippen molar-refractivity contribution in [1.82, 2.24) is 0 Å². The van der Waals surface area contributed by atoms with Crippen LogP contribution < -0.4 is 10.6 Å². The van der Waals surface area contributed by atoms with Gasteiger partial charge in [-0.05, 0) is 66.7 Å². The second kappa shape index (κ2) is 9.32. The van der Waals surface area contributed by atoms with Gasteiger partial charge in [-0.2, -0.15) is 0 Å². The van der Waals surface area contributed by atoms with Crippen LogP contribution in [0.5, 0.6) is 0 Å². The zero-order valence-corrected chi connectivity index (χ0v) is 17.4. The summed E-state index contributed by atoms with van der Waals surface area (Å²) in [5, 5.41) is 6.01. The Labute approximate surface area is 188 Å². The summed E-state index contributed by atoms with van der Waals surface area (Å²) in [5.74, 6) is -0.871. The van der Waals surface area contributed by atoms with E-state index in [2.05, 4.69) is 10.6 Å². The second-order valence-electron chi connectivity index (χ2n) is 6.84. The van der Waals surface area contributed by atoms with Gasteiger partial charge in [0.25, 0.3) is 11.8 Å². The van der Waals surface area contributed by atoms with E-state index in [-0.39, 0.29) is 28.6 Å². The molecule has 2 N–H and O–H groups in total. The molecule has 4 aromatic rings. The Morgan fingerprint density at radius 1 is 0.656 bits per heavy atom. The molecule has 0 unspecified atom stereocenters. The lowest BCUT2D eigenvalue weighted by Crippen LogP contribution is -2.17. The summed E-state index contributed by atoms with van der Waals surface area (Å²) in [6.07, 6.45) is 1.42. The van der Waals surface area contributed by atoms with Gasteiger partial charge >= 0.3 is 0 Å². The van der Waals surface area contributed by atoms with E-state index in [0.29, 0.717) is 22.0 Å². The van der Waals surface area contributed by atoms with E-state index in [1.807, 2.05) is 0 Å². The lowest BCUT2D eigenvalue weighted by molar-refractivity contribution is 0.0994. The van der Waals surface area contributed by atoms with Crippen LogP contribution in [0.4, 0.5) is 11.4 Å². The molecule has 4 rings (SSSR count). The van der Waals surface area contributed by atoms with E-state index in [0.717, 1.165) is 0 Å². The third-order valence-corrected chi connectivity index (χ3v) is 4.92. The molecule has 0 radical (unpaired) electrons. The molecule has 0 fully saturated rings. The third kappa shape index (κ3) is 4.77. The van der Waals surface area contributed by atoms with Crippen molar-refractivity contribution in [3.05, 3.63) is 119 Å². The van der Waals surface area contributed by atoms with Gasteiger partial charge in [-0.15, -0.1) is 0 Å². The molecule has 1 heterocycles. The van der Waals surface area contributed by atoms with Gasteiger partial charge in [0.05, 0.1) is 11.8 Å². The first kappa shape index (κ1) is 21.1. The summed E-state index contributed by atoms with van der Waals surface area (Å²) < 4.78 is 5.06. The molecule has 0 atom stereocenters. The maximum Gasteiger partial charge on any atom is 0.291 e. The Kier molecular flexibility index (Phi) is 6.14. The number of hydrogen-bond acceptors (Lipinski definition) is 4. The quantitative estimate of drug-likeness (QED) is 0.375. The lowest BCUT2D eigenvalue weighted by Gasteiger charge is -2.11. The number of ketones is 1. The number of anilines is 2. The van der Waals surface area contributed by atoms with Crippen molar-refractivity contribution >= 4 is 40.6 Å². The minimum Gasteiger partial charge on any atom is -0.459 e. The molecule has 0 aliphatic rings. The van der Waals surface area contributed by atoms with Gasteiger partial charge in [-0.25, -0.2) is 0 Å². The van der Waals surface area contributed by atoms with Crippen molar-refractivity contribution in [3.63, 3.8) is 0 Å². The fourth-order valence-electron chi connectivity index (χ4n) is 3.07. The van der Waals surface area contributed by atoms with E-state index < -0.39 is 5.91 Å². The predicted molar refractivity (Wildman–Crippen MR) is 122 cm³/mol. The first-order chi connectivity index (χ1) is 15.5. The average molecular weight is 445 g/mol. The van der Waals surface area contributed by atoms with Crippen LogP contribution in [0.2, 0.25) is 5.02 Å². The molecular weight excluding hydrogens is 428 g/mol. The Hall–Kier alpha value is -4.16. The predicted octanol–water partition coefficient (Wildman–Crippen LogP) is 5.67. The van der Waals surface area contributed by atoms with Crippen LogP contribution in [0, 0.1) is 0 Å². The average Bonchev–Trinajstić information content (AvgIpc) is 3.36. The molecule has 0 saturated heterocycles. The van der Waals surface area contributed by atoms with Gasteiger partial charge < -0.3 is 15.1 Å². The molecule has 1 aromatic heterocycles. The summed E-state index contributed by atoms with van der Waals surface area (Å²) >= 11 is 5.90. The highest BCUT2D eigenvalue weighted by molar-refractivity contribution is 6.30. The Morgan fingerprint density at radius 3 is 1.84 bits per heavy atom. The summed E-state index contributed by atoms with van der Waals surface area (Å²) in [7, 11) is 0. The van der Waals surface area contributed by atoms with Crippen LogP contribution in [-0.4, -0.2) is 17.6 Å². The summed E-state index contributed by atoms with van der Waals surface area (Å²) in [6.45, 7) is 0. The summed E-state index contributed by atoms with van der Waals surface area (Å²) in [5.41, 5.74) is 2.03.